The maximum absolute atomic E-state index is 14.1. The molecule has 5 aliphatic rings. The normalized spacial score (nSPS) is 38.4. The van der Waals surface area contributed by atoms with Crippen LogP contribution in [-0.4, -0.2) is 35.5 Å². The van der Waals surface area contributed by atoms with Crippen LogP contribution in [0.3, 0.4) is 0 Å². The topological polar surface area (TPSA) is 35.5 Å². The molecule has 5 aliphatic carbocycles. The van der Waals surface area contributed by atoms with E-state index in [0.717, 1.165) is 88.3 Å². The van der Waals surface area contributed by atoms with Gasteiger partial charge in [0.25, 0.3) is 0 Å². The van der Waals surface area contributed by atoms with Crippen LogP contribution in [0.5, 0.6) is 0 Å². The summed E-state index contributed by atoms with van der Waals surface area (Å²) in [5.41, 5.74) is -0.965. The number of Topliss-reactive ketones (excluding diaryl/α,β-unsaturated/α-hetero) is 1. The second kappa shape index (κ2) is 17.2. The molecule has 0 unspecified atom stereocenters. The average Bonchev–Trinajstić information content (AvgIpc) is 3.08. The Morgan fingerprint density at radius 1 is 0.511 bits per heavy atom. The lowest BCUT2D eigenvalue weighted by atomic mass is 9.41. The number of hydrogen-bond acceptors (Lipinski definition) is 3. The van der Waals surface area contributed by atoms with E-state index in [-0.39, 0.29) is 0 Å². The molecule has 0 radical (unpaired) electrons. The average molecular weight is 668 g/mol. The molecule has 45 heavy (non-hydrogen) atoms. The lowest BCUT2D eigenvalue weighted by molar-refractivity contribution is -0.173. The van der Waals surface area contributed by atoms with Gasteiger partial charge in [-0.15, -0.1) is 0 Å². The van der Waals surface area contributed by atoms with Gasteiger partial charge in [-0.05, 0) is 139 Å². The molecule has 0 aromatic heterocycles. The van der Waals surface area contributed by atoms with Crippen molar-refractivity contribution < 1.29 is 14.3 Å². The molecule has 0 aromatic rings. The molecule has 0 bridgehead atoms. The Hall–Kier alpha value is 0.170. The van der Waals surface area contributed by atoms with Crippen LogP contribution in [0.1, 0.15) is 181 Å². The Morgan fingerprint density at radius 2 is 0.844 bits per heavy atom. The third-order valence-electron chi connectivity index (χ3n) is 13.8. The van der Waals surface area contributed by atoms with E-state index in [0.29, 0.717) is 18.0 Å². The minimum Gasteiger partial charge on any atom is -0.378 e. The fourth-order valence-electron chi connectivity index (χ4n) is 10.8. The molecule has 0 atom stereocenters. The lowest BCUT2D eigenvalue weighted by Gasteiger charge is -2.67. The van der Waals surface area contributed by atoms with Gasteiger partial charge in [-0.1, -0.05) is 88.4 Å². The van der Waals surface area contributed by atoms with Gasteiger partial charge in [-0.25, -0.2) is 0 Å². The fourth-order valence-corrected chi connectivity index (χ4v) is 11.9. The highest BCUT2D eigenvalue weighted by atomic mass is 35.5. The molecule has 5 fully saturated rings. The van der Waals surface area contributed by atoms with Gasteiger partial charge in [-0.2, -0.15) is 0 Å². The van der Waals surface area contributed by atoms with Crippen molar-refractivity contribution in [3.05, 3.63) is 0 Å². The largest absolute Gasteiger partial charge is 0.378 e. The third kappa shape index (κ3) is 8.15. The predicted molar refractivity (Wildman–Crippen MR) is 189 cm³/mol. The van der Waals surface area contributed by atoms with Crippen molar-refractivity contribution in [2.24, 2.45) is 34.5 Å². The first-order chi connectivity index (χ1) is 21.9. The maximum atomic E-state index is 14.1. The highest BCUT2D eigenvalue weighted by molar-refractivity contribution is 6.55. The quantitative estimate of drug-likeness (QED) is 0.121. The van der Waals surface area contributed by atoms with Crippen LogP contribution in [0.15, 0.2) is 0 Å². The molecule has 5 rings (SSSR count). The van der Waals surface area contributed by atoms with Gasteiger partial charge in [0.15, 0.2) is 5.78 Å². The van der Waals surface area contributed by atoms with Gasteiger partial charge in [0.1, 0.15) is 4.33 Å². The van der Waals surface area contributed by atoms with E-state index in [1.165, 1.54) is 116 Å². The zero-order chi connectivity index (χ0) is 31.8. The van der Waals surface area contributed by atoms with Crippen molar-refractivity contribution in [2.75, 3.05) is 13.2 Å². The molecule has 0 saturated heterocycles. The monoisotopic (exact) mass is 666 g/mol. The van der Waals surface area contributed by atoms with Crippen molar-refractivity contribution in [3.8, 4) is 0 Å². The summed E-state index contributed by atoms with van der Waals surface area (Å²) in [6, 6.07) is 0. The van der Waals surface area contributed by atoms with Crippen LogP contribution in [0.2, 0.25) is 0 Å². The maximum Gasteiger partial charge on any atom is 0.151 e. The number of ether oxygens (including phenoxy) is 2. The minimum atomic E-state index is -0.877. The first-order valence-corrected chi connectivity index (χ1v) is 20.8. The molecule has 0 aromatic carbocycles. The number of ketones is 1. The van der Waals surface area contributed by atoms with E-state index in [9.17, 15) is 4.79 Å². The Morgan fingerprint density at radius 3 is 1.18 bits per heavy atom. The van der Waals surface area contributed by atoms with Crippen LogP contribution in [-0.2, 0) is 14.3 Å². The number of halogens is 2. The summed E-state index contributed by atoms with van der Waals surface area (Å²) in [6.07, 6.45) is 32.2. The van der Waals surface area contributed by atoms with Gasteiger partial charge >= 0.3 is 0 Å². The summed E-state index contributed by atoms with van der Waals surface area (Å²) >= 11 is 14.7. The molecule has 5 saturated carbocycles. The third-order valence-corrected chi connectivity index (χ3v) is 15.3. The van der Waals surface area contributed by atoms with Crippen molar-refractivity contribution in [3.63, 3.8) is 0 Å². The first kappa shape index (κ1) is 36.5. The van der Waals surface area contributed by atoms with E-state index in [1.54, 1.807) is 0 Å². The van der Waals surface area contributed by atoms with E-state index in [1.807, 2.05) is 0 Å². The fraction of sp³-hybridized carbons (Fsp3) is 0.975. The molecule has 0 aliphatic heterocycles. The zero-order valence-electron chi connectivity index (χ0n) is 29.2. The Bertz CT molecular complexity index is 804. The molecule has 0 heterocycles. The van der Waals surface area contributed by atoms with Crippen LogP contribution >= 0.6 is 23.2 Å². The molecule has 0 amide bonds. The summed E-state index contributed by atoms with van der Waals surface area (Å²) in [6.45, 7) is 6.43. The number of carbonyl (C=O) groups excluding carboxylic acids is 1. The van der Waals surface area contributed by atoms with Crippen molar-refractivity contribution in [1.82, 2.24) is 0 Å². The van der Waals surface area contributed by atoms with Gasteiger partial charge in [-0.3, -0.25) is 4.79 Å². The van der Waals surface area contributed by atoms with E-state index in [2.05, 4.69) is 13.8 Å². The molecule has 0 N–H and O–H groups in total. The minimum absolute atomic E-state index is 0.448. The summed E-state index contributed by atoms with van der Waals surface area (Å²) in [4.78, 5) is 14.1. The van der Waals surface area contributed by atoms with E-state index in [4.69, 9.17) is 32.7 Å². The lowest BCUT2D eigenvalue weighted by Crippen LogP contribution is -2.74. The van der Waals surface area contributed by atoms with Crippen molar-refractivity contribution >= 4 is 29.0 Å². The Kier molecular flexibility index (Phi) is 13.9. The molecule has 3 nitrogen and oxygen atoms in total. The smallest absolute Gasteiger partial charge is 0.151 e. The molecule has 5 heteroatoms. The van der Waals surface area contributed by atoms with Gasteiger partial charge in [0, 0.05) is 13.2 Å². The van der Waals surface area contributed by atoms with Crippen LogP contribution < -0.4 is 0 Å². The molecular formula is C40H68Cl2O3. The standard InChI is InChI=1S/C40H68Cl2O3/c1-3-5-7-9-11-29-44-35-17-13-31(14-18-35)33-21-25-38(26-22-33)37(43)39(40(38,41)42)27-23-34(24-28-39)32-15-19-36(20-16-32)45-30-12-10-8-6-4-2/h31-36H,3-30H2,1-2H3/t31-,32-,33?,34?,35-,36-,38?,39?. The van der Waals surface area contributed by atoms with E-state index < -0.39 is 15.2 Å². The highest BCUT2D eigenvalue weighted by Crippen LogP contribution is 2.75. The van der Waals surface area contributed by atoms with Crippen LogP contribution in [0.4, 0.5) is 0 Å². The van der Waals surface area contributed by atoms with Gasteiger partial charge < -0.3 is 9.47 Å². The van der Waals surface area contributed by atoms with E-state index >= 15 is 0 Å². The molecule has 260 valence electrons. The summed E-state index contributed by atoms with van der Waals surface area (Å²) in [5, 5.41) is 0. The molecular weight excluding hydrogens is 599 g/mol. The number of hydrogen-bond donors (Lipinski definition) is 0. The Labute approximate surface area is 287 Å². The number of unbranched alkanes of at least 4 members (excludes halogenated alkanes) is 8. The summed E-state index contributed by atoms with van der Waals surface area (Å²) in [7, 11) is 0. The molecule has 2 spiro atoms. The summed E-state index contributed by atoms with van der Waals surface area (Å²) < 4.78 is 11.6. The Balaban J connectivity index is 0.999. The van der Waals surface area contributed by atoms with Gasteiger partial charge in [0.2, 0.25) is 0 Å². The second-order valence-corrected chi connectivity index (χ2v) is 17.7. The second-order valence-electron chi connectivity index (χ2n) is 16.4. The predicted octanol–water partition coefficient (Wildman–Crippen LogP) is 12.2. The summed E-state index contributed by atoms with van der Waals surface area (Å²) in [5.74, 6) is 3.49. The van der Waals surface area contributed by atoms with Crippen LogP contribution in [0, 0.1) is 34.5 Å². The number of carbonyl (C=O) groups is 1. The number of alkyl halides is 2. The van der Waals surface area contributed by atoms with Crippen LogP contribution in [0.25, 0.3) is 0 Å². The first-order valence-electron chi connectivity index (χ1n) is 20.0. The zero-order valence-corrected chi connectivity index (χ0v) is 30.8. The van der Waals surface area contributed by atoms with Crippen molar-refractivity contribution in [2.45, 2.75) is 197 Å². The van der Waals surface area contributed by atoms with Gasteiger partial charge in [0.05, 0.1) is 23.0 Å². The highest BCUT2D eigenvalue weighted by Gasteiger charge is 2.79. The van der Waals surface area contributed by atoms with Crippen molar-refractivity contribution in [1.29, 1.82) is 0 Å². The SMILES string of the molecule is CCCCCCCO[C@H]1CC[C@H](C2CCC3(CC2)C(=O)C2(CCC([C@H]4CC[C@H](OCCCCCCC)CC4)CC2)C3(Cl)Cl)CC1. The number of rotatable bonds is 16.